The zero-order chi connectivity index (χ0) is 22.9. The van der Waals surface area contributed by atoms with Crippen molar-refractivity contribution < 1.29 is 23.9 Å². The van der Waals surface area contributed by atoms with Gasteiger partial charge in [-0.3, -0.25) is 14.4 Å². The molecule has 1 saturated heterocycles. The highest BCUT2D eigenvalue weighted by Gasteiger charge is 2.29. The average Bonchev–Trinajstić information content (AvgIpc) is 2.79. The van der Waals surface area contributed by atoms with E-state index in [2.05, 4.69) is 16.0 Å². The van der Waals surface area contributed by atoms with Crippen molar-refractivity contribution in [3.8, 4) is 0 Å². The highest BCUT2D eigenvalue weighted by molar-refractivity contribution is 5.93. The number of cyclic esters (lactones) is 1. The van der Waals surface area contributed by atoms with E-state index < -0.39 is 41.8 Å². The van der Waals surface area contributed by atoms with E-state index in [4.69, 9.17) is 4.74 Å². The van der Waals surface area contributed by atoms with Gasteiger partial charge in [0, 0.05) is 12.8 Å². The molecule has 3 rings (SSSR count). The SMILES string of the molecule is C[C@@H]1NC(=O)[C@H](Cc2ccccc2)NC(=O)CCOC(=O)[C@@H](Cc2ccccc2)NC1=O. The van der Waals surface area contributed by atoms with E-state index in [0.717, 1.165) is 11.1 Å². The topological polar surface area (TPSA) is 114 Å². The molecule has 2 aromatic carbocycles. The fraction of sp³-hybridized carbons (Fsp3) is 0.333. The van der Waals surface area contributed by atoms with Crippen molar-refractivity contribution in [3.05, 3.63) is 71.8 Å². The Kier molecular flexibility index (Phi) is 7.96. The van der Waals surface area contributed by atoms with Crippen LogP contribution in [0.5, 0.6) is 0 Å². The van der Waals surface area contributed by atoms with E-state index in [-0.39, 0.29) is 25.9 Å². The third-order valence-electron chi connectivity index (χ3n) is 5.14. The van der Waals surface area contributed by atoms with Crippen LogP contribution in [0.4, 0.5) is 0 Å². The molecule has 0 bridgehead atoms. The molecule has 3 amide bonds. The van der Waals surface area contributed by atoms with Crippen LogP contribution in [0.1, 0.15) is 24.5 Å². The Morgan fingerprint density at radius 1 is 0.750 bits per heavy atom. The maximum absolute atomic E-state index is 12.9. The molecule has 0 unspecified atom stereocenters. The van der Waals surface area contributed by atoms with Gasteiger partial charge in [0.15, 0.2) is 0 Å². The molecule has 8 nitrogen and oxygen atoms in total. The summed E-state index contributed by atoms with van der Waals surface area (Å²) in [6.07, 6.45) is 0.407. The number of hydrogen-bond acceptors (Lipinski definition) is 5. The van der Waals surface area contributed by atoms with Crippen LogP contribution in [-0.4, -0.2) is 48.4 Å². The van der Waals surface area contributed by atoms with Crippen LogP contribution < -0.4 is 16.0 Å². The summed E-state index contributed by atoms with van der Waals surface area (Å²) >= 11 is 0. The van der Waals surface area contributed by atoms with E-state index in [1.54, 1.807) is 0 Å². The zero-order valence-electron chi connectivity index (χ0n) is 17.9. The Morgan fingerprint density at radius 2 is 1.31 bits per heavy atom. The first-order valence-corrected chi connectivity index (χ1v) is 10.6. The maximum atomic E-state index is 12.9. The lowest BCUT2D eigenvalue weighted by atomic mass is 10.0. The van der Waals surface area contributed by atoms with Gasteiger partial charge in [0.1, 0.15) is 24.7 Å². The van der Waals surface area contributed by atoms with Crippen molar-refractivity contribution in [3.63, 3.8) is 0 Å². The second kappa shape index (κ2) is 11.1. The lowest BCUT2D eigenvalue weighted by molar-refractivity contribution is -0.148. The van der Waals surface area contributed by atoms with Gasteiger partial charge in [-0.25, -0.2) is 4.79 Å². The minimum absolute atomic E-state index is 0.0914. The van der Waals surface area contributed by atoms with Crippen LogP contribution in [0.15, 0.2) is 60.7 Å². The first-order chi connectivity index (χ1) is 15.4. The molecule has 1 aliphatic rings. The second-order valence-corrected chi connectivity index (χ2v) is 7.71. The Balaban J connectivity index is 1.76. The quantitative estimate of drug-likeness (QED) is 0.615. The van der Waals surface area contributed by atoms with E-state index in [1.165, 1.54) is 6.92 Å². The fourth-order valence-corrected chi connectivity index (χ4v) is 3.39. The molecule has 1 heterocycles. The minimum atomic E-state index is -0.937. The largest absolute Gasteiger partial charge is 0.464 e. The number of carbonyl (C=O) groups is 4. The first-order valence-electron chi connectivity index (χ1n) is 10.6. The van der Waals surface area contributed by atoms with Gasteiger partial charge in [0.05, 0.1) is 6.42 Å². The minimum Gasteiger partial charge on any atom is -0.464 e. The number of esters is 1. The van der Waals surface area contributed by atoms with Gasteiger partial charge >= 0.3 is 5.97 Å². The van der Waals surface area contributed by atoms with E-state index >= 15 is 0 Å². The molecule has 3 N–H and O–H groups in total. The standard InChI is InChI=1S/C24H27N3O5/c1-16-22(29)27-20(15-18-10-6-3-7-11-18)24(31)32-13-12-21(28)26-19(23(30)25-16)14-17-8-4-2-5-9-17/h2-11,16,19-20H,12-15H2,1H3,(H,25,30)(H,26,28)(H,27,29)/t16-,19-,20+/m0/s1. The highest BCUT2D eigenvalue weighted by atomic mass is 16.5. The summed E-state index contributed by atoms with van der Waals surface area (Å²) in [5, 5.41) is 7.99. The van der Waals surface area contributed by atoms with Crippen LogP contribution in [0, 0.1) is 0 Å². The molecule has 0 aliphatic carbocycles. The predicted octanol–water partition coefficient (Wildman–Crippen LogP) is 0.893. The molecule has 32 heavy (non-hydrogen) atoms. The van der Waals surface area contributed by atoms with Crippen molar-refractivity contribution in [2.24, 2.45) is 0 Å². The molecule has 0 radical (unpaired) electrons. The monoisotopic (exact) mass is 437 g/mol. The molecule has 0 spiro atoms. The van der Waals surface area contributed by atoms with Crippen molar-refractivity contribution in [1.82, 2.24) is 16.0 Å². The van der Waals surface area contributed by atoms with Gasteiger partial charge in [-0.2, -0.15) is 0 Å². The van der Waals surface area contributed by atoms with Gasteiger partial charge in [0.25, 0.3) is 0 Å². The molecule has 0 saturated carbocycles. The molecule has 168 valence electrons. The van der Waals surface area contributed by atoms with E-state index in [0.29, 0.717) is 0 Å². The Labute approximate surface area is 186 Å². The summed E-state index contributed by atoms with van der Waals surface area (Å²) < 4.78 is 5.25. The molecule has 2 aromatic rings. The fourth-order valence-electron chi connectivity index (χ4n) is 3.39. The van der Waals surface area contributed by atoms with Gasteiger partial charge in [-0.15, -0.1) is 0 Å². The van der Waals surface area contributed by atoms with Crippen LogP contribution in [-0.2, 0) is 36.8 Å². The summed E-state index contributed by atoms with van der Waals surface area (Å²) in [5.74, 6) is -2.04. The number of rotatable bonds is 4. The van der Waals surface area contributed by atoms with E-state index in [9.17, 15) is 19.2 Å². The average molecular weight is 437 g/mol. The first kappa shape index (κ1) is 23.0. The van der Waals surface area contributed by atoms with Crippen LogP contribution in [0.25, 0.3) is 0 Å². The smallest absolute Gasteiger partial charge is 0.328 e. The summed E-state index contributed by atoms with van der Waals surface area (Å²) in [6, 6.07) is 15.7. The summed E-state index contributed by atoms with van der Waals surface area (Å²) in [7, 11) is 0. The second-order valence-electron chi connectivity index (χ2n) is 7.71. The number of benzene rings is 2. The highest BCUT2D eigenvalue weighted by Crippen LogP contribution is 2.08. The van der Waals surface area contributed by atoms with Gasteiger partial charge < -0.3 is 20.7 Å². The number of hydrogen-bond donors (Lipinski definition) is 3. The number of ether oxygens (including phenoxy) is 1. The van der Waals surface area contributed by atoms with Crippen molar-refractivity contribution in [2.45, 2.75) is 44.3 Å². The van der Waals surface area contributed by atoms with Crippen LogP contribution >= 0.6 is 0 Å². The molecule has 1 fully saturated rings. The van der Waals surface area contributed by atoms with Gasteiger partial charge in [-0.1, -0.05) is 60.7 Å². The lowest BCUT2D eigenvalue weighted by Crippen LogP contribution is -2.55. The zero-order valence-corrected chi connectivity index (χ0v) is 17.9. The van der Waals surface area contributed by atoms with Crippen molar-refractivity contribution in [2.75, 3.05) is 6.61 Å². The number of amides is 3. The summed E-state index contributed by atoms with van der Waals surface area (Å²) in [4.78, 5) is 50.6. The summed E-state index contributed by atoms with van der Waals surface area (Å²) in [6.45, 7) is 1.38. The molecule has 0 aromatic heterocycles. The Bertz CT molecular complexity index is 949. The molecular formula is C24H27N3O5. The van der Waals surface area contributed by atoms with E-state index in [1.807, 2.05) is 60.7 Å². The Hall–Kier alpha value is -3.68. The molecule has 8 heteroatoms. The molecule has 3 atom stereocenters. The predicted molar refractivity (Wildman–Crippen MR) is 117 cm³/mol. The maximum Gasteiger partial charge on any atom is 0.328 e. The van der Waals surface area contributed by atoms with Crippen LogP contribution in [0.3, 0.4) is 0 Å². The Morgan fingerprint density at radius 3 is 1.91 bits per heavy atom. The normalized spacial score (nSPS) is 22.8. The third-order valence-corrected chi connectivity index (χ3v) is 5.14. The van der Waals surface area contributed by atoms with Crippen molar-refractivity contribution >= 4 is 23.7 Å². The summed E-state index contributed by atoms with van der Waals surface area (Å²) in [5.41, 5.74) is 1.71. The lowest BCUT2D eigenvalue weighted by Gasteiger charge is -2.22. The molecular weight excluding hydrogens is 410 g/mol. The number of nitrogens with one attached hydrogen (secondary N) is 3. The number of carbonyl (C=O) groups excluding carboxylic acids is 4. The van der Waals surface area contributed by atoms with Crippen molar-refractivity contribution in [1.29, 1.82) is 0 Å². The van der Waals surface area contributed by atoms with Gasteiger partial charge in [-0.05, 0) is 18.1 Å². The van der Waals surface area contributed by atoms with Crippen LogP contribution in [0.2, 0.25) is 0 Å². The molecule has 1 aliphatic heterocycles. The van der Waals surface area contributed by atoms with Gasteiger partial charge in [0.2, 0.25) is 17.7 Å². The third kappa shape index (κ3) is 6.66.